The number of nitrogens with two attached hydrogens (primary N) is 1. The predicted octanol–water partition coefficient (Wildman–Crippen LogP) is 3.23. The number of carbonyl (C=O) groups excluding carboxylic acids is 1. The highest BCUT2D eigenvalue weighted by atomic mass is 32.1. The van der Waals surface area contributed by atoms with Gasteiger partial charge in [0.15, 0.2) is 0 Å². The van der Waals surface area contributed by atoms with Gasteiger partial charge in [-0.2, -0.15) is 0 Å². The summed E-state index contributed by atoms with van der Waals surface area (Å²) in [5.41, 5.74) is 5.65. The first-order valence-corrected chi connectivity index (χ1v) is 8.99. The average Bonchev–Trinajstić information content (AvgIpc) is 2.96. The summed E-state index contributed by atoms with van der Waals surface area (Å²) < 4.78 is 0. The van der Waals surface area contributed by atoms with Crippen LogP contribution in [-0.4, -0.2) is 33.1 Å². The zero-order valence-electron chi connectivity index (χ0n) is 12.5. The predicted molar refractivity (Wildman–Crippen MR) is 84.2 cm³/mol. The number of anilines is 1. The largest absolute Gasteiger partial charge is 0.374 e. The van der Waals surface area contributed by atoms with Crippen LogP contribution in [0.15, 0.2) is 0 Å². The van der Waals surface area contributed by atoms with Crippen molar-refractivity contribution in [3.05, 3.63) is 5.01 Å². The summed E-state index contributed by atoms with van der Waals surface area (Å²) in [6.07, 6.45) is 12.1. The summed E-state index contributed by atoms with van der Waals surface area (Å²) in [6.45, 7) is 0. The van der Waals surface area contributed by atoms with Gasteiger partial charge >= 0.3 is 0 Å². The van der Waals surface area contributed by atoms with E-state index in [4.69, 9.17) is 5.73 Å². The van der Waals surface area contributed by atoms with Gasteiger partial charge in [-0.15, -0.1) is 10.2 Å². The van der Waals surface area contributed by atoms with Gasteiger partial charge in [0.05, 0.1) is 0 Å². The molecule has 3 rings (SSSR count). The Labute approximate surface area is 129 Å². The van der Waals surface area contributed by atoms with E-state index in [9.17, 15) is 4.79 Å². The molecule has 1 aromatic rings. The molecule has 2 aliphatic rings. The van der Waals surface area contributed by atoms with Crippen molar-refractivity contribution >= 4 is 22.4 Å². The van der Waals surface area contributed by atoms with E-state index in [1.54, 1.807) is 0 Å². The highest BCUT2D eigenvalue weighted by molar-refractivity contribution is 7.16. The van der Waals surface area contributed by atoms with E-state index in [2.05, 4.69) is 15.1 Å². The second-order valence-electron chi connectivity index (χ2n) is 6.24. The second kappa shape index (κ2) is 6.73. The van der Waals surface area contributed by atoms with Crippen molar-refractivity contribution in [2.24, 2.45) is 0 Å². The lowest BCUT2D eigenvalue weighted by atomic mass is 9.88. The summed E-state index contributed by atoms with van der Waals surface area (Å²) in [5.74, 6) is 0.0583. The zero-order valence-corrected chi connectivity index (χ0v) is 13.3. The van der Waals surface area contributed by atoms with E-state index in [0.717, 1.165) is 25.7 Å². The van der Waals surface area contributed by atoms with Crippen LogP contribution in [0.25, 0.3) is 0 Å². The van der Waals surface area contributed by atoms with E-state index in [1.807, 2.05) is 0 Å². The third-order valence-corrected chi connectivity index (χ3v) is 5.53. The lowest BCUT2D eigenvalue weighted by Crippen LogP contribution is -2.48. The molecule has 116 valence electrons. The molecular formula is C15H24N4OS. The molecule has 2 fully saturated rings. The molecule has 1 aromatic heterocycles. The van der Waals surface area contributed by atoms with Crippen LogP contribution < -0.4 is 5.73 Å². The summed E-state index contributed by atoms with van der Waals surface area (Å²) in [5, 5.41) is 8.63. The molecule has 0 radical (unpaired) electrons. The van der Waals surface area contributed by atoms with Crippen LogP contribution in [0.3, 0.4) is 0 Å². The van der Waals surface area contributed by atoms with Gasteiger partial charge in [0.2, 0.25) is 10.1 Å². The Bertz CT molecular complexity index is 460. The maximum absolute atomic E-state index is 12.9. The van der Waals surface area contributed by atoms with Crippen molar-refractivity contribution in [2.45, 2.75) is 76.3 Å². The Morgan fingerprint density at radius 3 is 1.90 bits per heavy atom. The fraction of sp³-hybridized carbons (Fsp3) is 0.800. The molecule has 2 saturated carbocycles. The van der Waals surface area contributed by atoms with E-state index in [-0.39, 0.29) is 5.91 Å². The van der Waals surface area contributed by atoms with Gasteiger partial charge in [0.25, 0.3) is 5.91 Å². The van der Waals surface area contributed by atoms with Crippen molar-refractivity contribution in [1.82, 2.24) is 15.1 Å². The Kier molecular flexibility index (Phi) is 4.73. The molecule has 2 N–H and O–H groups in total. The molecule has 1 heterocycles. The fourth-order valence-electron chi connectivity index (χ4n) is 3.78. The van der Waals surface area contributed by atoms with Gasteiger partial charge in [-0.1, -0.05) is 49.9 Å². The molecule has 1 amide bonds. The summed E-state index contributed by atoms with van der Waals surface area (Å²) in [6, 6.07) is 0.777. The van der Waals surface area contributed by atoms with Gasteiger partial charge in [-0.25, -0.2) is 0 Å². The highest BCUT2D eigenvalue weighted by Crippen LogP contribution is 2.32. The van der Waals surface area contributed by atoms with E-state index >= 15 is 0 Å². The fourth-order valence-corrected chi connectivity index (χ4v) is 4.33. The molecule has 0 aliphatic heterocycles. The van der Waals surface area contributed by atoms with Gasteiger partial charge < -0.3 is 10.6 Å². The Morgan fingerprint density at radius 2 is 1.48 bits per heavy atom. The third kappa shape index (κ3) is 3.36. The maximum atomic E-state index is 12.9. The van der Waals surface area contributed by atoms with Crippen LogP contribution in [0.4, 0.5) is 5.13 Å². The molecule has 0 saturated heterocycles. The first-order chi connectivity index (χ1) is 10.3. The topological polar surface area (TPSA) is 72.1 Å². The van der Waals surface area contributed by atoms with Crippen molar-refractivity contribution in [2.75, 3.05) is 5.73 Å². The third-order valence-electron chi connectivity index (χ3n) is 4.79. The van der Waals surface area contributed by atoms with Crippen molar-refractivity contribution in [1.29, 1.82) is 0 Å². The molecule has 0 atom stereocenters. The molecule has 0 unspecified atom stereocenters. The zero-order chi connectivity index (χ0) is 14.7. The first kappa shape index (κ1) is 14.8. The van der Waals surface area contributed by atoms with Crippen LogP contribution in [0.1, 0.15) is 74.0 Å². The van der Waals surface area contributed by atoms with Crippen LogP contribution >= 0.6 is 11.3 Å². The number of rotatable bonds is 3. The van der Waals surface area contributed by atoms with Gasteiger partial charge in [-0.3, -0.25) is 4.79 Å². The highest BCUT2D eigenvalue weighted by Gasteiger charge is 2.34. The van der Waals surface area contributed by atoms with Crippen molar-refractivity contribution in [3.63, 3.8) is 0 Å². The second-order valence-corrected chi connectivity index (χ2v) is 7.25. The molecule has 21 heavy (non-hydrogen) atoms. The summed E-state index contributed by atoms with van der Waals surface area (Å²) >= 11 is 1.22. The molecule has 0 spiro atoms. The molecular weight excluding hydrogens is 284 g/mol. The number of nitrogen functional groups attached to an aromatic ring is 1. The Hall–Kier alpha value is -1.17. The van der Waals surface area contributed by atoms with Crippen LogP contribution in [0.5, 0.6) is 0 Å². The molecule has 0 bridgehead atoms. The number of aromatic nitrogens is 2. The minimum absolute atomic E-state index is 0.0583. The minimum atomic E-state index is 0.0583. The quantitative estimate of drug-likeness (QED) is 0.930. The van der Waals surface area contributed by atoms with Crippen molar-refractivity contribution < 1.29 is 4.79 Å². The van der Waals surface area contributed by atoms with E-state index in [0.29, 0.717) is 22.2 Å². The Balaban J connectivity index is 1.81. The average molecular weight is 308 g/mol. The number of hydrogen-bond donors (Lipinski definition) is 1. The maximum Gasteiger partial charge on any atom is 0.285 e. The number of amides is 1. The smallest absolute Gasteiger partial charge is 0.285 e. The minimum Gasteiger partial charge on any atom is -0.374 e. The number of hydrogen-bond acceptors (Lipinski definition) is 5. The Morgan fingerprint density at radius 1 is 0.952 bits per heavy atom. The standard InChI is InChI=1S/C15H24N4OS/c16-15-18-17-13(21-15)14(20)19(11-7-3-1-4-8-11)12-9-5-2-6-10-12/h11-12H,1-10H2,(H2,16,18). The van der Waals surface area contributed by atoms with Crippen LogP contribution in [0, 0.1) is 0 Å². The molecule has 6 heteroatoms. The molecule has 0 aromatic carbocycles. The lowest BCUT2D eigenvalue weighted by Gasteiger charge is -2.41. The SMILES string of the molecule is Nc1nnc(C(=O)N(C2CCCCC2)C2CCCCC2)s1. The number of carbonyl (C=O) groups is 1. The lowest BCUT2D eigenvalue weighted by molar-refractivity contribution is 0.0447. The number of nitrogens with zero attached hydrogens (tertiary/aromatic N) is 3. The summed E-state index contributed by atoms with van der Waals surface area (Å²) in [7, 11) is 0. The molecule has 2 aliphatic carbocycles. The van der Waals surface area contributed by atoms with Crippen molar-refractivity contribution in [3.8, 4) is 0 Å². The first-order valence-electron chi connectivity index (χ1n) is 8.17. The van der Waals surface area contributed by atoms with Gasteiger partial charge in [0, 0.05) is 12.1 Å². The van der Waals surface area contributed by atoms with Gasteiger partial charge in [-0.05, 0) is 25.7 Å². The van der Waals surface area contributed by atoms with E-state index < -0.39 is 0 Å². The van der Waals surface area contributed by atoms with Crippen LogP contribution in [0.2, 0.25) is 0 Å². The monoisotopic (exact) mass is 308 g/mol. The normalized spacial score (nSPS) is 21.3. The van der Waals surface area contributed by atoms with E-state index in [1.165, 1.54) is 49.9 Å². The van der Waals surface area contributed by atoms with Crippen LogP contribution in [-0.2, 0) is 0 Å². The van der Waals surface area contributed by atoms with Gasteiger partial charge in [0.1, 0.15) is 0 Å². The summed E-state index contributed by atoms with van der Waals surface area (Å²) in [4.78, 5) is 15.1. The molecule has 5 nitrogen and oxygen atoms in total.